The number of carbonyl (C=O) groups excluding carboxylic acids is 1. The van der Waals surface area contributed by atoms with Crippen molar-refractivity contribution in [2.45, 2.75) is 20.0 Å². The van der Waals surface area contributed by atoms with Crippen LogP contribution in [0.2, 0.25) is 0 Å². The molecule has 0 spiro atoms. The minimum Gasteiger partial charge on any atom is -0.378 e. The van der Waals surface area contributed by atoms with Gasteiger partial charge in [0.1, 0.15) is 10.6 Å². The van der Waals surface area contributed by atoms with E-state index in [1.54, 1.807) is 0 Å². The SMILES string of the molecule is Cc1nn(Cc2ccccc2)c2sc(C(=O)NCc3ccc(N4CCOCC4)nc3)cc12. The van der Waals surface area contributed by atoms with Crippen LogP contribution in [0.25, 0.3) is 10.2 Å². The first-order valence-electron chi connectivity index (χ1n) is 10.7. The van der Waals surface area contributed by atoms with Crippen molar-refractivity contribution in [2.24, 2.45) is 0 Å². The Hall–Kier alpha value is -3.23. The second kappa shape index (κ2) is 9.10. The Morgan fingerprint density at radius 3 is 2.69 bits per heavy atom. The van der Waals surface area contributed by atoms with Crippen molar-refractivity contribution in [2.75, 3.05) is 31.2 Å². The zero-order valence-corrected chi connectivity index (χ0v) is 18.8. The van der Waals surface area contributed by atoms with E-state index in [1.807, 2.05) is 54.2 Å². The molecule has 164 valence electrons. The number of morpholine rings is 1. The van der Waals surface area contributed by atoms with Gasteiger partial charge in [-0.2, -0.15) is 5.10 Å². The van der Waals surface area contributed by atoms with Crippen molar-refractivity contribution in [1.82, 2.24) is 20.1 Å². The first-order valence-corrected chi connectivity index (χ1v) is 11.6. The summed E-state index contributed by atoms with van der Waals surface area (Å²) in [7, 11) is 0. The number of thiophene rings is 1. The van der Waals surface area contributed by atoms with Gasteiger partial charge in [-0.1, -0.05) is 36.4 Å². The van der Waals surface area contributed by atoms with Crippen molar-refractivity contribution in [3.8, 4) is 0 Å². The van der Waals surface area contributed by atoms with Crippen LogP contribution in [0.3, 0.4) is 0 Å². The van der Waals surface area contributed by atoms with Crippen LogP contribution in [0.15, 0.2) is 54.7 Å². The van der Waals surface area contributed by atoms with E-state index in [1.165, 1.54) is 16.9 Å². The Morgan fingerprint density at radius 2 is 1.94 bits per heavy atom. The maximum atomic E-state index is 12.8. The van der Waals surface area contributed by atoms with E-state index < -0.39 is 0 Å². The van der Waals surface area contributed by atoms with Crippen LogP contribution in [0.1, 0.15) is 26.5 Å². The Morgan fingerprint density at radius 1 is 1.12 bits per heavy atom. The lowest BCUT2D eigenvalue weighted by Gasteiger charge is -2.27. The van der Waals surface area contributed by atoms with Gasteiger partial charge in [0, 0.05) is 31.2 Å². The monoisotopic (exact) mass is 447 g/mol. The molecule has 0 aliphatic carbocycles. The number of hydrogen-bond donors (Lipinski definition) is 1. The average molecular weight is 448 g/mol. The first-order chi connectivity index (χ1) is 15.7. The van der Waals surface area contributed by atoms with Crippen molar-refractivity contribution < 1.29 is 9.53 Å². The van der Waals surface area contributed by atoms with Crippen LogP contribution >= 0.6 is 11.3 Å². The number of hydrogen-bond acceptors (Lipinski definition) is 6. The summed E-state index contributed by atoms with van der Waals surface area (Å²) in [4.78, 5) is 21.3. The standard InChI is InChI=1S/C24H25N5O2S/c1-17-20-13-21(32-24(20)29(27-17)16-18-5-3-2-4-6-18)23(30)26-15-19-7-8-22(25-14-19)28-9-11-31-12-10-28/h2-8,13-14H,9-12,15-16H2,1H3,(H,26,30). The molecule has 8 heteroatoms. The molecular weight excluding hydrogens is 422 g/mol. The summed E-state index contributed by atoms with van der Waals surface area (Å²) in [6, 6.07) is 16.2. The molecule has 1 aliphatic rings. The summed E-state index contributed by atoms with van der Waals surface area (Å²) in [6.07, 6.45) is 1.83. The molecule has 0 saturated carbocycles. The number of aryl methyl sites for hydroxylation is 1. The third-order valence-electron chi connectivity index (χ3n) is 5.60. The van der Waals surface area contributed by atoms with Crippen molar-refractivity contribution in [3.63, 3.8) is 0 Å². The number of carbonyl (C=O) groups is 1. The maximum absolute atomic E-state index is 12.8. The molecule has 1 saturated heterocycles. The van der Waals surface area contributed by atoms with E-state index in [-0.39, 0.29) is 5.91 Å². The highest BCUT2D eigenvalue weighted by Crippen LogP contribution is 2.29. The number of anilines is 1. The molecule has 0 bridgehead atoms. The number of pyridine rings is 1. The van der Waals surface area contributed by atoms with E-state index in [0.29, 0.717) is 18.0 Å². The van der Waals surface area contributed by atoms with Crippen LogP contribution in [-0.4, -0.2) is 47.0 Å². The molecule has 0 atom stereocenters. The minimum atomic E-state index is -0.0749. The van der Waals surface area contributed by atoms with Gasteiger partial charge in [-0.3, -0.25) is 9.48 Å². The Labute approximate surface area is 190 Å². The third-order valence-corrected chi connectivity index (χ3v) is 6.75. The van der Waals surface area contributed by atoms with Gasteiger partial charge in [-0.25, -0.2) is 4.98 Å². The number of fused-ring (bicyclic) bond motifs is 1. The van der Waals surface area contributed by atoms with E-state index in [4.69, 9.17) is 4.74 Å². The lowest BCUT2D eigenvalue weighted by Crippen LogP contribution is -2.36. The van der Waals surface area contributed by atoms with Gasteiger partial charge in [-0.05, 0) is 30.2 Å². The molecule has 0 radical (unpaired) electrons. The Kier molecular flexibility index (Phi) is 5.87. The lowest BCUT2D eigenvalue weighted by atomic mass is 10.2. The highest BCUT2D eigenvalue weighted by Gasteiger charge is 2.17. The van der Waals surface area contributed by atoms with E-state index in [2.05, 4.69) is 32.4 Å². The molecule has 0 unspecified atom stereocenters. The number of nitrogens with one attached hydrogen (secondary N) is 1. The molecule has 4 heterocycles. The van der Waals surface area contributed by atoms with Gasteiger partial charge in [0.05, 0.1) is 30.3 Å². The van der Waals surface area contributed by atoms with E-state index in [0.717, 1.165) is 53.6 Å². The van der Waals surface area contributed by atoms with Crippen LogP contribution in [-0.2, 0) is 17.8 Å². The fraction of sp³-hybridized carbons (Fsp3) is 0.292. The minimum absolute atomic E-state index is 0.0749. The molecule has 32 heavy (non-hydrogen) atoms. The lowest BCUT2D eigenvalue weighted by molar-refractivity contribution is 0.0955. The topological polar surface area (TPSA) is 72.3 Å². The summed E-state index contributed by atoms with van der Waals surface area (Å²) >= 11 is 1.48. The predicted molar refractivity (Wildman–Crippen MR) is 126 cm³/mol. The Balaban J connectivity index is 1.25. The molecule has 1 fully saturated rings. The Bertz CT molecular complexity index is 1210. The molecule has 1 aromatic carbocycles. The van der Waals surface area contributed by atoms with Crippen molar-refractivity contribution in [3.05, 3.63) is 76.4 Å². The summed E-state index contributed by atoms with van der Waals surface area (Å²) < 4.78 is 7.37. The molecule has 7 nitrogen and oxygen atoms in total. The summed E-state index contributed by atoms with van der Waals surface area (Å²) in [5, 5.41) is 8.72. The summed E-state index contributed by atoms with van der Waals surface area (Å²) in [6.45, 7) is 6.30. The number of aromatic nitrogens is 3. The zero-order chi connectivity index (χ0) is 21.9. The first kappa shape index (κ1) is 20.7. The number of nitrogens with zero attached hydrogens (tertiary/aromatic N) is 4. The number of benzene rings is 1. The zero-order valence-electron chi connectivity index (χ0n) is 18.0. The molecule has 1 aliphatic heterocycles. The molecule has 1 N–H and O–H groups in total. The van der Waals surface area contributed by atoms with Gasteiger partial charge < -0.3 is 15.0 Å². The number of amides is 1. The van der Waals surface area contributed by atoms with Crippen LogP contribution in [0.5, 0.6) is 0 Å². The summed E-state index contributed by atoms with van der Waals surface area (Å²) in [5.74, 6) is 0.875. The molecule has 5 rings (SSSR count). The summed E-state index contributed by atoms with van der Waals surface area (Å²) in [5.41, 5.74) is 3.10. The average Bonchev–Trinajstić information content (AvgIpc) is 3.40. The van der Waals surface area contributed by atoms with Crippen LogP contribution in [0, 0.1) is 6.92 Å². The third kappa shape index (κ3) is 4.37. The maximum Gasteiger partial charge on any atom is 0.261 e. The van der Waals surface area contributed by atoms with Gasteiger partial charge in [-0.15, -0.1) is 11.3 Å². The van der Waals surface area contributed by atoms with Crippen LogP contribution in [0.4, 0.5) is 5.82 Å². The molecule has 1 amide bonds. The smallest absolute Gasteiger partial charge is 0.261 e. The van der Waals surface area contributed by atoms with Gasteiger partial charge in [0.25, 0.3) is 5.91 Å². The highest BCUT2D eigenvalue weighted by molar-refractivity contribution is 7.20. The van der Waals surface area contributed by atoms with Gasteiger partial charge in [0.15, 0.2) is 0 Å². The van der Waals surface area contributed by atoms with Crippen LogP contribution < -0.4 is 10.2 Å². The quantitative estimate of drug-likeness (QED) is 0.489. The van der Waals surface area contributed by atoms with E-state index in [9.17, 15) is 4.79 Å². The largest absolute Gasteiger partial charge is 0.378 e. The fourth-order valence-corrected chi connectivity index (χ4v) is 4.94. The van der Waals surface area contributed by atoms with Crippen molar-refractivity contribution in [1.29, 1.82) is 0 Å². The molecule has 3 aromatic heterocycles. The molecular formula is C24H25N5O2S. The predicted octanol–water partition coefficient (Wildman–Crippen LogP) is 3.62. The second-order valence-corrected chi connectivity index (χ2v) is 8.90. The fourth-order valence-electron chi connectivity index (χ4n) is 3.86. The van der Waals surface area contributed by atoms with Gasteiger partial charge >= 0.3 is 0 Å². The number of ether oxygens (including phenoxy) is 1. The van der Waals surface area contributed by atoms with Crippen molar-refractivity contribution >= 4 is 33.3 Å². The highest BCUT2D eigenvalue weighted by atomic mass is 32.1. The van der Waals surface area contributed by atoms with Gasteiger partial charge in [0.2, 0.25) is 0 Å². The van der Waals surface area contributed by atoms with E-state index >= 15 is 0 Å². The normalized spacial score (nSPS) is 14.1. The molecule has 4 aromatic rings. The second-order valence-electron chi connectivity index (χ2n) is 7.86. The number of rotatable bonds is 6.